The maximum absolute atomic E-state index is 5.96. The largest absolute Gasteiger partial charge is 0.339 e. The Hall–Kier alpha value is -1.10. The number of nitrogens with zero attached hydrogens (tertiary/aromatic N) is 2. The summed E-state index contributed by atoms with van der Waals surface area (Å²) in [5.74, 6) is 2.06. The number of hydrogen-bond donors (Lipinski definition) is 1. The highest BCUT2D eigenvalue weighted by molar-refractivity contribution is 6.30. The van der Waals surface area contributed by atoms with Gasteiger partial charge >= 0.3 is 0 Å². The fraction of sp³-hybridized carbons (Fsp3) is 0.429. The molecule has 108 valence electrons. The van der Waals surface area contributed by atoms with E-state index in [1.807, 2.05) is 24.3 Å². The molecule has 2 aromatic rings. The van der Waals surface area contributed by atoms with E-state index in [9.17, 15) is 0 Å². The zero-order valence-electron chi connectivity index (χ0n) is 11.0. The Morgan fingerprint density at radius 1 is 1.40 bits per heavy atom. The van der Waals surface area contributed by atoms with Gasteiger partial charge in [0.2, 0.25) is 11.7 Å². The van der Waals surface area contributed by atoms with Crippen LogP contribution in [0.1, 0.15) is 18.7 Å². The molecule has 1 saturated heterocycles. The summed E-state index contributed by atoms with van der Waals surface area (Å²) in [5.41, 5.74) is 0.894. The molecule has 6 heteroatoms. The third-order valence-corrected chi connectivity index (χ3v) is 3.71. The van der Waals surface area contributed by atoms with Crippen LogP contribution in [0.3, 0.4) is 0 Å². The van der Waals surface area contributed by atoms with Gasteiger partial charge in [-0.3, -0.25) is 0 Å². The van der Waals surface area contributed by atoms with Crippen LogP contribution < -0.4 is 5.32 Å². The number of hydrogen-bond acceptors (Lipinski definition) is 4. The normalized spacial score (nSPS) is 17.9. The van der Waals surface area contributed by atoms with E-state index in [1.165, 1.54) is 6.42 Å². The molecule has 1 aliphatic heterocycles. The highest BCUT2D eigenvalue weighted by atomic mass is 35.5. The number of aromatic nitrogens is 2. The van der Waals surface area contributed by atoms with Crippen molar-refractivity contribution in [3.63, 3.8) is 0 Å². The van der Waals surface area contributed by atoms with Crippen LogP contribution in [-0.4, -0.2) is 23.2 Å². The molecule has 1 aromatic heterocycles. The smallest absolute Gasteiger partial charge is 0.226 e. The third-order valence-electron chi connectivity index (χ3n) is 3.48. The van der Waals surface area contributed by atoms with Crippen LogP contribution in [0, 0.1) is 5.92 Å². The molecule has 0 radical (unpaired) electrons. The van der Waals surface area contributed by atoms with E-state index in [4.69, 9.17) is 16.1 Å². The number of rotatable bonds is 4. The summed E-state index contributed by atoms with van der Waals surface area (Å²) in [6.07, 6.45) is 3.19. The molecule has 3 rings (SSSR count). The number of nitrogens with one attached hydrogen (secondary N) is 1. The molecule has 1 aliphatic rings. The number of aryl methyl sites for hydroxylation is 1. The van der Waals surface area contributed by atoms with E-state index in [2.05, 4.69) is 15.5 Å². The first-order valence-corrected chi connectivity index (χ1v) is 6.98. The van der Waals surface area contributed by atoms with Crippen molar-refractivity contribution in [2.45, 2.75) is 19.3 Å². The highest BCUT2D eigenvalue weighted by Gasteiger charge is 2.16. The minimum Gasteiger partial charge on any atom is -0.339 e. The minimum absolute atomic E-state index is 0. The summed E-state index contributed by atoms with van der Waals surface area (Å²) in [5, 5.41) is 8.06. The maximum atomic E-state index is 5.96. The van der Waals surface area contributed by atoms with Gasteiger partial charge in [0.15, 0.2) is 0 Å². The molecular weight excluding hydrogens is 297 g/mol. The number of halogens is 2. The van der Waals surface area contributed by atoms with E-state index < -0.39 is 0 Å². The molecule has 1 aromatic carbocycles. The first-order valence-electron chi connectivity index (χ1n) is 6.60. The topological polar surface area (TPSA) is 51.0 Å². The summed E-state index contributed by atoms with van der Waals surface area (Å²) >= 11 is 5.96. The highest BCUT2D eigenvalue weighted by Crippen LogP contribution is 2.21. The molecule has 20 heavy (non-hydrogen) atoms. The van der Waals surface area contributed by atoms with Gasteiger partial charge in [-0.15, -0.1) is 12.4 Å². The molecule has 0 spiro atoms. The Morgan fingerprint density at radius 3 is 3.05 bits per heavy atom. The van der Waals surface area contributed by atoms with Gasteiger partial charge in [0.05, 0.1) is 0 Å². The average Bonchev–Trinajstić information content (AvgIpc) is 3.08. The molecule has 4 nitrogen and oxygen atoms in total. The minimum atomic E-state index is 0. The van der Waals surface area contributed by atoms with Crippen LogP contribution in [0.25, 0.3) is 11.4 Å². The van der Waals surface area contributed by atoms with E-state index in [0.29, 0.717) is 16.7 Å². The Balaban J connectivity index is 0.00000147. The first-order chi connectivity index (χ1) is 9.31. The zero-order valence-corrected chi connectivity index (χ0v) is 12.6. The van der Waals surface area contributed by atoms with Crippen LogP contribution in [0.5, 0.6) is 0 Å². The molecule has 0 aliphatic carbocycles. The standard InChI is InChI=1S/C14H16ClN3O.ClH/c15-12-3-1-2-11(8-12)14-17-13(19-18-14)5-4-10-6-7-16-9-10;/h1-3,8,10,16H,4-7,9H2;1H. The van der Waals surface area contributed by atoms with Gasteiger partial charge in [-0.2, -0.15) is 4.98 Å². The van der Waals surface area contributed by atoms with Gasteiger partial charge in [0, 0.05) is 17.0 Å². The predicted octanol–water partition coefficient (Wildman–Crippen LogP) is 3.35. The summed E-state index contributed by atoms with van der Waals surface area (Å²) < 4.78 is 5.29. The molecule has 0 amide bonds. The van der Waals surface area contributed by atoms with Crippen molar-refractivity contribution < 1.29 is 4.52 Å². The second-order valence-electron chi connectivity index (χ2n) is 4.92. The van der Waals surface area contributed by atoms with Gasteiger partial charge in [0.25, 0.3) is 0 Å². The van der Waals surface area contributed by atoms with Gasteiger partial charge in [0.1, 0.15) is 0 Å². The lowest BCUT2D eigenvalue weighted by atomic mass is 10.0. The molecular formula is C14H17Cl2N3O. The van der Waals surface area contributed by atoms with Gasteiger partial charge < -0.3 is 9.84 Å². The van der Waals surface area contributed by atoms with Crippen LogP contribution in [0.4, 0.5) is 0 Å². The molecule has 1 N–H and O–H groups in total. The second kappa shape index (κ2) is 7.07. The van der Waals surface area contributed by atoms with Gasteiger partial charge in [-0.1, -0.05) is 28.9 Å². The monoisotopic (exact) mass is 313 g/mol. The predicted molar refractivity (Wildman–Crippen MR) is 81.3 cm³/mol. The fourth-order valence-electron chi connectivity index (χ4n) is 2.39. The van der Waals surface area contributed by atoms with Crippen molar-refractivity contribution in [2.75, 3.05) is 13.1 Å². The summed E-state index contributed by atoms with van der Waals surface area (Å²) in [7, 11) is 0. The van der Waals surface area contributed by atoms with Crippen LogP contribution in [0.2, 0.25) is 5.02 Å². The Bertz CT molecular complexity index is 553. The van der Waals surface area contributed by atoms with Crippen molar-refractivity contribution in [3.05, 3.63) is 35.2 Å². The quantitative estimate of drug-likeness (QED) is 0.940. The van der Waals surface area contributed by atoms with Gasteiger partial charge in [-0.05, 0) is 44.0 Å². The summed E-state index contributed by atoms with van der Waals surface area (Å²) in [6, 6.07) is 7.50. The average molecular weight is 314 g/mol. The zero-order chi connectivity index (χ0) is 13.1. The lowest BCUT2D eigenvalue weighted by Crippen LogP contribution is -2.09. The molecule has 0 saturated carbocycles. The van der Waals surface area contributed by atoms with Gasteiger partial charge in [-0.25, -0.2) is 0 Å². The third kappa shape index (κ3) is 3.72. The van der Waals surface area contributed by atoms with Crippen molar-refractivity contribution in [3.8, 4) is 11.4 Å². The second-order valence-corrected chi connectivity index (χ2v) is 5.36. The first kappa shape index (κ1) is 15.3. The van der Waals surface area contributed by atoms with Crippen LogP contribution in [0.15, 0.2) is 28.8 Å². The lowest BCUT2D eigenvalue weighted by Gasteiger charge is -2.03. The fourth-order valence-corrected chi connectivity index (χ4v) is 2.58. The summed E-state index contributed by atoms with van der Waals surface area (Å²) in [6.45, 7) is 2.23. The van der Waals surface area contributed by atoms with Crippen LogP contribution in [-0.2, 0) is 6.42 Å². The van der Waals surface area contributed by atoms with E-state index in [0.717, 1.165) is 37.4 Å². The molecule has 1 unspecified atom stereocenters. The van der Waals surface area contributed by atoms with E-state index >= 15 is 0 Å². The van der Waals surface area contributed by atoms with E-state index in [1.54, 1.807) is 0 Å². The summed E-state index contributed by atoms with van der Waals surface area (Å²) in [4.78, 5) is 4.43. The Labute approximate surface area is 129 Å². The SMILES string of the molecule is Cl.Clc1cccc(-c2noc(CCC3CCNC3)n2)c1. The Morgan fingerprint density at radius 2 is 2.30 bits per heavy atom. The molecule has 1 fully saturated rings. The van der Waals surface area contributed by atoms with Crippen LogP contribution >= 0.6 is 24.0 Å². The maximum Gasteiger partial charge on any atom is 0.226 e. The van der Waals surface area contributed by atoms with E-state index in [-0.39, 0.29) is 12.4 Å². The van der Waals surface area contributed by atoms with Crippen molar-refractivity contribution in [2.24, 2.45) is 5.92 Å². The molecule has 2 heterocycles. The van der Waals surface area contributed by atoms with Crippen molar-refractivity contribution in [1.82, 2.24) is 15.5 Å². The molecule has 1 atom stereocenters. The van der Waals surface area contributed by atoms with Crippen molar-refractivity contribution in [1.29, 1.82) is 0 Å². The molecule has 0 bridgehead atoms. The number of benzene rings is 1. The van der Waals surface area contributed by atoms with Crippen molar-refractivity contribution >= 4 is 24.0 Å². The Kier molecular flexibility index (Phi) is 5.40. The lowest BCUT2D eigenvalue weighted by molar-refractivity contribution is 0.365.